The summed E-state index contributed by atoms with van der Waals surface area (Å²) in [7, 11) is 0. The summed E-state index contributed by atoms with van der Waals surface area (Å²) in [4.78, 5) is 14.0. The summed E-state index contributed by atoms with van der Waals surface area (Å²) in [6.07, 6.45) is 3.99. The lowest BCUT2D eigenvalue weighted by Gasteiger charge is -2.43. The minimum atomic E-state index is -0.394. The number of H-pyrrole nitrogens is 1. The Balaban J connectivity index is 1.69. The molecule has 1 aromatic carbocycles. The number of anilines is 1. The highest BCUT2D eigenvalue weighted by Gasteiger charge is 2.59. The van der Waals surface area contributed by atoms with E-state index in [1.165, 1.54) is 19.3 Å². The average molecular weight is 286 g/mol. The van der Waals surface area contributed by atoms with Gasteiger partial charge in [0, 0.05) is 11.7 Å². The third-order valence-corrected chi connectivity index (χ3v) is 6.00. The Morgan fingerprint density at radius 3 is 2.86 bits per heavy atom. The number of hydrogen-bond donors (Lipinski definition) is 2. The number of nitrogens with one attached hydrogen (secondary N) is 2. The average Bonchev–Trinajstić information content (AvgIpc) is 3.02. The molecule has 1 aromatic heterocycles. The maximum atomic E-state index is 11.3. The first kappa shape index (κ1) is 13.0. The molecule has 0 aliphatic heterocycles. The standard InChI is InChI=1S/C17H22N2O2/c1-16(2)10-6-7-17(3,9-10)14(16)18-11-4-5-13-12(8-11)19-15(20)21-13/h4-5,8,10,14,18H,6-7,9H2,1-3H3,(H,19,20)/t10-,14?,17+/m0/s1. The minimum Gasteiger partial charge on any atom is -0.408 e. The van der Waals surface area contributed by atoms with Crippen LogP contribution in [0.25, 0.3) is 11.1 Å². The van der Waals surface area contributed by atoms with E-state index in [1.54, 1.807) is 0 Å². The van der Waals surface area contributed by atoms with Crippen LogP contribution in [0.15, 0.2) is 27.4 Å². The van der Waals surface area contributed by atoms with Gasteiger partial charge >= 0.3 is 5.76 Å². The van der Waals surface area contributed by atoms with E-state index in [4.69, 9.17) is 4.42 Å². The molecule has 21 heavy (non-hydrogen) atoms. The number of oxazole rings is 1. The molecule has 2 aliphatic rings. The zero-order valence-corrected chi connectivity index (χ0v) is 12.8. The summed E-state index contributed by atoms with van der Waals surface area (Å²) in [5.41, 5.74) is 3.13. The largest absolute Gasteiger partial charge is 0.417 e. The molecule has 1 heterocycles. The van der Waals surface area contributed by atoms with Crippen molar-refractivity contribution in [2.45, 2.75) is 46.1 Å². The lowest BCUT2D eigenvalue weighted by atomic mass is 9.68. The predicted molar refractivity (Wildman–Crippen MR) is 83.5 cm³/mol. The van der Waals surface area contributed by atoms with Crippen molar-refractivity contribution in [2.75, 3.05) is 5.32 Å². The molecule has 2 aromatic rings. The first-order valence-electron chi connectivity index (χ1n) is 7.78. The highest BCUT2D eigenvalue weighted by Crippen LogP contribution is 2.63. The Bertz CT molecular complexity index is 753. The smallest absolute Gasteiger partial charge is 0.408 e. The van der Waals surface area contributed by atoms with Crippen LogP contribution in [0.4, 0.5) is 5.69 Å². The van der Waals surface area contributed by atoms with E-state index < -0.39 is 5.76 Å². The summed E-state index contributed by atoms with van der Waals surface area (Å²) in [5, 5.41) is 3.74. The normalized spacial score (nSPS) is 33.7. The lowest BCUT2D eigenvalue weighted by molar-refractivity contribution is 0.155. The van der Waals surface area contributed by atoms with E-state index in [9.17, 15) is 4.79 Å². The summed E-state index contributed by atoms with van der Waals surface area (Å²) < 4.78 is 5.06. The molecule has 1 unspecified atom stereocenters. The fraction of sp³-hybridized carbons (Fsp3) is 0.588. The van der Waals surface area contributed by atoms with Gasteiger partial charge in [-0.05, 0) is 54.2 Å². The number of fused-ring (bicyclic) bond motifs is 3. The van der Waals surface area contributed by atoms with Crippen molar-refractivity contribution in [1.29, 1.82) is 0 Å². The summed E-state index contributed by atoms with van der Waals surface area (Å²) in [6, 6.07) is 6.31. The zero-order chi connectivity index (χ0) is 14.8. The van der Waals surface area contributed by atoms with E-state index in [0.29, 0.717) is 22.5 Å². The van der Waals surface area contributed by atoms with Crippen molar-refractivity contribution in [3.8, 4) is 0 Å². The molecule has 2 aliphatic carbocycles. The topological polar surface area (TPSA) is 58.0 Å². The Morgan fingerprint density at radius 2 is 2.14 bits per heavy atom. The molecule has 4 rings (SSSR count). The first-order valence-corrected chi connectivity index (χ1v) is 7.78. The van der Waals surface area contributed by atoms with E-state index in [-0.39, 0.29) is 0 Å². The SMILES string of the molecule is CC1(C)C(Nc2ccc3oc(=O)[nH]c3c2)[C@]2(C)CC[C@H]1C2. The van der Waals surface area contributed by atoms with Gasteiger partial charge in [0.15, 0.2) is 5.58 Å². The first-order chi connectivity index (χ1) is 9.88. The van der Waals surface area contributed by atoms with Gasteiger partial charge in [-0.3, -0.25) is 4.98 Å². The zero-order valence-electron chi connectivity index (χ0n) is 12.8. The summed E-state index contributed by atoms with van der Waals surface area (Å²) in [6.45, 7) is 7.19. The van der Waals surface area contributed by atoms with Crippen LogP contribution in [-0.2, 0) is 0 Å². The number of hydrogen-bond acceptors (Lipinski definition) is 3. The van der Waals surface area contributed by atoms with Crippen LogP contribution in [0.3, 0.4) is 0 Å². The fourth-order valence-electron chi connectivity index (χ4n) is 4.87. The highest BCUT2D eigenvalue weighted by molar-refractivity contribution is 5.77. The van der Waals surface area contributed by atoms with Gasteiger partial charge in [-0.1, -0.05) is 20.8 Å². The van der Waals surface area contributed by atoms with Crippen molar-refractivity contribution in [3.05, 3.63) is 28.7 Å². The third-order valence-electron chi connectivity index (χ3n) is 6.00. The second kappa shape index (κ2) is 3.93. The van der Waals surface area contributed by atoms with Gasteiger partial charge in [0.2, 0.25) is 0 Å². The number of aromatic amines is 1. The number of rotatable bonds is 2. The Labute approximate surface area is 123 Å². The van der Waals surface area contributed by atoms with Gasteiger partial charge < -0.3 is 9.73 Å². The molecule has 2 bridgehead atoms. The van der Waals surface area contributed by atoms with Crippen LogP contribution in [-0.4, -0.2) is 11.0 Å². The molecular weight excluding hydrogens is 264 g/mol. The van der Waals surface area contributed by atoms with Crippen molar-refractivity contribution in [1.82, 2.24) is 4.98 Å². The molecule has 0 radical (unpaired) electrons. The summed E-state index contributed by atoms with van der Waals surface area (Å²) in [5.74, 6) is 0.423. The van der Waals surface area contributed by atoms with E-state index in [0.717, 1.165) is 17.1 Å². The van der Waals surface area contributed by atoms with Crippen molar-refractivity contribution < 1.29 is 4.42 Å². The van der Waals surface area contributed by atoms with Crippen molar-refractivity contribution in [3.63, 3.8) is 0 Å². The van der Waals surface area contributed by atoms with Gasteiger partial charge in [0.05, 0.1) is 5.52 Å². The second-order valence-corrected chi connectivity index (χ2v) is 7.72. The van der Waals surface area contributed by atoms with Gasteiger partial charge in [-0.15, -0.1) is 0 Å². The van der Waals surface area contributed by atoms with Gasteiger partial charge in [-0.2, -0.15) is 0 Å². The van der Waals surface area contributed by atoms with E-state index >= 15 is 0 Å². The quantitative estimate of drug-likeness (QED) is 0.884. The highest BCUT2D eigenvalue weighted by atomic mass is 16.4. The number of benzene rings is 1. The number of aromatic nitrogens is 1. The molecular formula is C17H22N2O2. The molecule has 2 fully saturated rings. The molecule has 0 saturated heterocycles. The van der Waals surface area contributed by atoms with Crippen LogP contribution < -0.4 is 11.1 Å². The maximum Gasteiger partial charge on any atom is 0.417 e. The fourth-order valence-corrected chi connectivity index (χ4v) is 4.87. The van der Waals surface area contributed by atoms with Crippen molar-refractivity contribution in [2.24, 2.45) is 16.7 Å². The lowest BCUT2D eigenvalue weighted by Crippen LogP contribution is -2.45. The van der Waals surface area contributed by atoms with E-state index in [1.807, 2.05) is 18.2 Å². The van der Waals surface area contributed by atoms with Crippen LogP contribution in [0.5, 0.6) is 0 Å². The molecule has 0 amide bonds. The Hall–Kier alpha value is -1.71. The van der Waals surface area contributed by atoms with Gasteiger partial charge in [-0.25, -0.2) is 4.79 Å². The molecule has 0 spiro atoms. The summed E-state index contributed by atoms with van der Waals surface area (Å²) >= 11 is 0. The Kier molecular flexibility index (Phi) is 2.43. The molecule has 2 saturated carbocycles. The van der Waals surface area contributed by atoms with Crippen LogP contribution in [0, 0.1) is 16.7 Å². The molecule has 112 valence electrons. The molecule has 2 N–H and O–H groups in total. The molecule has 3 atom stereocenters. The van der Waals surface area contributed by atoms with E-state index in [2.05, 4.69) is 31.1 Å². The molecule has 4 nitrogen and oxygen atoms in total. The monoisotopic (exact) mass is 286 g/mol. The Morgan fingerprint density at radius 1 is 1.33 bits per heavy atom. The second-order valence-electron chi connectivity index (χ2n) is 7.72. The van der Waals surface area contributed by atoms with Crippen LogP contribution in [0.1, 0.15) is 40.0 Å². The minimum absolute atomic E-state index is 0.311. The maximum absolute atomic E-state index is 11.3. The van der Waals surface area contributed by atoms with Crippen LogP contribution >= 0.6 is 0 Å². The molecule has 4 heteroatoms. The predicted octanol–water partition coefficient (Wildman–Crippen LogP) is 3.75. The van der Waals surface area contributed by atoms with Gasteiger partial charge in [0.25, 0.3) is 0 Å². The third kappa shape index (κ3) is 1.78. The van der Waals surface area contributed by atoms with Gasteiger partial charge in [0.1, 0.15) is 0 Å². The van der Waals surface area contributed by atoms with Crippen molar-refractivity contribution >= 4 is 16.8 Å². The van der Waals surface area contributed by atoms with Crippen LogP contribution in [0.2, 0.25) is 0 Å².